The Balaban J connectivity index is 1.31. The monoisotopic (exact) mass is 424 g/mol. The minimum Gasteiger partial charge on any atom is -0.367 e. The summed E-state index contributed by atoms with van der Waals surface area (Å²) < 4.78 is 33.3. The lowest BCUT2D eigenvalue weighted by molar-refractivity contribution is -0.136. The number of carbonyl (C=O) groups is 1. The predicted octanol–water partition coefficient (Wildman–Crippen LogP) is 2.19. The number of sulfonamides is 1. The van der Waals surface area contributed by atoms with Crippen LogP contribution in [0.15, 0.2) is 23.1 Å². The maximum Gasteiger partial charge on any atom is 0.248 e. The average molecular weight is 425 g/mol. The molecule has 0 unspecified atom stereocenters. The van der Waals surface area contributed by atoms with Gasteiger partial charge in [0.15, 0.2) is 0 Å². The fourth-order valence-electron chi connectivity index (χ4n) is 4.37. The van der Waals surface area contributed by atoms with E-state index in [0.29, 0.717) is 18.0 Å². The number of hydrogen-bond donors (Lipinski definition) is 0. The first-order valence-electron chi connectivity index (χ1n) is 9.89. The largest absolute Gasteiger partial charge is 0.367 e. The van der Waals surface area contributed by atoms with Crippen LogP contribution in [-0.4, -0.2) is 72.9 Å². The molecule has 6 nitrogen and oxygen atoms in total. The highest BCUT2D eigenvalue weighted by molar-refractivity contribution is 8.01. The van der Waals surface area contributed by atoms with Crippen LogP contribution >= 0.6 is 11.8 Å². The molecule has 28 heavy (non-hydrogen) atoms. The van der Waals surface area contributed by atoms with Gasteiger partial charge in [0.25, 0.3) is 0 Å². The summed E-state index contributed by atoms with van der Waals surface area (Å²) in [6.45, 7) is 6.71. The third kappa shape index (κ3) is 3.97. The highest BCUT2D eigenvalue weighted by Gasteiger charge is 2.53. The Morgan fingerprint density at radius 2 is 1.82 bits per heavy atom. The van der Waals surface area contributed by atoms with E-state index in [0.717, 1.165) is 49.2 Å². The summed E-state index contributed by atoms with van der Waals surface area (Å²) >= 11 is 1.79. The number of aryl methyl sites for hydroxylation is 2. The second-order valence-electron chi connectivity index (χ2n) is 8.32. The Labute approximate surface area is 171 Å². The van der Waals surface area contributed by atoms with Gasteiger partial charge in [0.05, 0.1) is 11.0 Å². The van der Waals surface area contributed by atoms with Crippen LogP contribution in [0.2, 0.25) is 0 Å². The molecule has 0 radical (unpaired) electrons. The van der Waals surface area contributed by atoms with Crippen molar-refractivity contribution in [2.24, 2.45) is 0 Å². The van der Waals surface area contributed by atoms with E-state index in [-0.39, 0.29) is 23.4 Å². The number of amides is 1. The first-order chi connectivity index (χ1) is 13.3. The number of hydrogen-bond acceptors (Lipinski definition) is 5. The number of thioether (sulfide) groups is 1. The highest BCUT2D eigenvalue weighted by atomic mass is 32.2. The van der Waals surface area contributed by atoms with Gasteiger partial charge in [-0.25, -0.2) is 8.42 Å². The standard InChI is InChI=1S/C20H28N2O4S2/c1-15-7-16(2)9-18(8-15)28(24,25)22-13-20(14-22)10-17(12-27-20)26-11-19(23)21-5-3-4-6-21/h7-9,17H,3-6,10-14H2,1-2H3/t17-/m0/s1. The van der Waals surface area contributed by atoms with E-state index in [2.05, 4.69) is 0 Å². The van der Waals surface area contributed by atoms with Gasteiger partial charge in [0, 0.05) is 36.7 Å². The van der Waals surface area contributed by atoms with Gasteiger partial charge in [-0.3, -0.25) is 4.79 Å². The zero-order valence-electron chi connectivity index (χ0n) is 16.5. The third-order valence-electron chi connectivity index (χ3n) is 5.84. The van der Waals surface area contributed by atoms with Crippen LogP contribution in [0.5, 0.6) is 0 Å². The van der Waals surface area contributed by atoms with E-state index in [9.17, 15) is 13.2 Å². The van der Waals surface area contributed by atoms with Crippen LogP contribution in [0.3, 0.4) is 0 Å². The Bertz CT molecular complexity index is 839. The van der Waals surface area contributed by atoms with Crippen molar-refractivity contribution >= 4 is 27.7 Å². The van der Waals surface area contributed by atoms with Crippen molar-refractivity contribution < 1.29 is 17.9 Å². The number of likely N-dealkylation sites (tertiary alicyclic amines) is 1. The van der Waals surface area contributed by atoms with E-state index in [1.165, 1.54) is 0 Å². The average Bonchev–Trinajstić information content (AvgIpc) is 3.27. The number of ether oxygens (including phenoxy) is 1. The molecular weight excluding hydrogens is 396 g/mol. The second kappa shape index (κ2) is 7.63. The van der Waals surface area contributed by atoms with Gasteiger partial charge < -0.3 is 9.64 Å². The lowest BCUT2D eigenvalue weighted by atomic mass is 9.95. The van der Waals surface area contributed by atoms with Crippen molar-refractivity contribution in [1.29, 1.82) is 0 Å². The fourth-order valence-corrected chi connectivity index (χ4v) is 7.89. The topological polar surface area (TPSA) is 66.9 Å². The zero-order chi connectivity index (χ0) is 19.9. The molecule has 1 spiro atoms. The van der Waals surface area contributed by atoms with Crippen LogP contribution in [0.1, 0.15) is 30.4 Å². The van der Waals surface area contributed by atoms with Gasteiger partial charge in [0.1, 0.15) is 6.61 Å². The van der Waals surface area contributed by atoms with Gasteiger partial charge in [-0.1, -0.05) is 6.07 Å². The summed E-state index contributed by atoms with van der Waals surface area (Å²) in [6, 6.07) is 5.46. The Morgan fingerprint density at radius 1 is 1.18 bits per heavy atom. The first-order valence-corrected chi connectivity index (χ1v) is 12.3. The van der Waals surface area contributed by atoms with Crippen LogP contribution in [-0.2, 0) is 19.6 Å². The molecule has 3 saturated heterocycles. The molecule has 3 aliphatic rings. The number of nitrogens with zero attached hydrogens (tertiary/aromatic N) is 2. The molecule has 0 aromatic heterocycles. The summed E-state index contributed by atoms with van der Waals surface area (Å²) in [5.74, 6) is 0.904. The van der Waals surface area contributed by atoms with Gasteiger partial charge in [-0.15, -0.1) is 11.8 Å². The lowest BCUT2D eigenvalue weighted by Crippen LogP contribution is -2.60. The van der Waals surface area contributed by atoms with Crippen LogP contribution in [0.4, 0.5) is 0 Å². The van der Waals surface area contributed by atoms with Crippen molar-refractivity contribution in [3.8, 4) is 0 Å². The van der Waals surface area contributed by atoms with Gasteiger partial charge in [-0.2, -0.15) is 4.31 Å². The fraction of sp³-hybridized carbons (Fsp3) is 0.650. The highest BCUT2D eigenvalue weighted by Crippen LogP contribution is 2.47. The van der Waals surface area contributed by atoms with E-state index >= 15 is 0 Å². The summed E-state index contributed by atoms with van der Waals surface area (Å²) in [5, 5.41) is 0. The summed E-state index contributed by atoms with van der Waals surface area (Å²) in [5.41, 5.74) is 1.92. The van der Waals surface area contributed by atoms with E-state index in [4.69, 9.17) is 4.74 Å². The quantitative estimate of drug-likeness (QED) is 0.725. The molecule has 1 aromatic carbocycles. The molecule has 1 aromatic rings. The van der Waals surface area contributed by atoms with E-state index in [1.807, 2.05) is 24.8 Å². The molecule has 4 rings (SSSR count). The number of carbonyl (C=O) groups excluding carboxylic acids is 1. The molecule has 0 aliphatic carbocycles. The summed E-state index contributed by atoms with van der Waals surface area (Å²) in [6.07, 6.45) is 3.00. The normalized spacial score (nSPS) is 24.6. The van der Waals surface area contributed by atoms with Crippen LogP contribution < -0.4 is 0 Å². The van der Waals surface area contributed by atoms with Crippen molar-refractivity contribution in [1.82, 2.24) is 9.21 Å². The smallest absolute Gasteiger partial charge is 0.248 e. The molecule has 154 valence electrons. The first kappa shape index (κ1) is 20.2. The van der Waals surface area contributed by atoms with Crippen molar-refractivity contribution in [3.63, 3.8) is 0 Å². The van der Waals surface area contributed by atoms with Crippen LogP contribution in [0.25, 0.3) is 0 Å². The molecule has 0 N–H and O–H groups in total. The predicted molar refractivity (Wildman–Crippen MR) is 110 cm³/mol. The molecule has 1 amide bonds. The maximum absolute atomic E-state index is 12.9. The molecule has 8 heteroatoms. The summed E-state index contributed by atoms with van der Waals surface area (Å²) in [4.78, 5) is 14.4. The number of benzene rings is 1. The van der Waals surface area contributed by atoms with Gasteiger partial charge in [0.2, 0.25) is 15.9 Å². The van der Waals surface area contributed by atoms with Gasteiger partial charge >= 0.3 is 0 Å². The zero-order valence-corrected chi connectivity index (χ0v) is 18.2. The lowest BCUT2D eigenvalue weighted by Gasteiger charge is -2.46. The van der Waals surface area contributed by atoms with Crippen LogP contribution in [0, 0.1) is 13.8 Å². The second-order valence-corrected chi connectivity index (χ2v) is 11.7. The Morgan fingerprint density at radius 3 is 2.46 bits per heavy atom. The Kier molecular flexibility index (Phi) is 5.50. The van der Waals surface area contributed by atoms with Gasteiger partial charge in [-0.05, 0) is 56.4 Å². The molecule has 1 atom stereocenters. The summed E-state index contributed by atoms with van der Waals surface area (Å²) in [7, 11) is -3.45. The minimum absolute atomic E-state index is 0.0302. The van der Waals surface area contributed by atoms with E-state index < -0.39 is 10.0 Å². The molecule has 3 fully saturated rings. The maximum atomic E-state index is 12.9. The molecule has 0 bridgehead atoms. The molecular formula is C20H28N2O4S2. The SMILES string of the molecule is Cc1cc(C)cc(S(=O)(=O)N2CC3(C[C@H](OCC(=O)N4CCCC4)CS3)C2)c1. The molecule has 3 heterocycles. The van der Waals surface area contributed by atoms with Crippen molar-refractivity contribution in [3.05, 3.63) is 29.3 Å². The minimum atomic E-state index is -3.45. The third-order valence-corrected chi connectivity index (χ3v) is 9.18. The van der Waals surface area contributed by atoms with Crippen molar-refractivity contribution in [2.75, 3.05) is 38.5 Å². The van der Waals surface area contributed by atoms with Crippen molar-refractivity contribution in [2.45, 2.75) is 48.9 Å². The van der Waals surface area contributed by atoms with E-state index in [1.54, 1.807) is 28.2 Å². The Hall–Kier alpha value is -1.09. The molecule has 0 saturated carbocycles. The molecule has 3 aliphatic heterocycles. The number of rotatable bonds is 5.